The van der Waals surface area contributed by atoms with E-state index in [9.17, 15) is 8.78 Å². The van der Waals surface area contributed by atoms with E-state index in [1.165, 1.54) is 12.8 Å². The van der Waals surface area contributed by atoms with Gasteiger partial charge in [-0.25, -0.2) is 8.78 Å². The van der Waals surface area contributed by atoms with Crippen LogP contribution in [0.25, 0.3) is 0 Å². The van der Waals surface area contributed by atoms with Crippen LogP contribution in [0.4, 0.5) is 8.78 Å². The van der Waals surface area contributed by atoms with Gasteiger partial charge in [0.1, 0.15) is 11.6 Å². The average molecular weight is 250 g/mol. The number of nitriles is 1. The van der Waals surface area contributed by atoms with E-state index in [4.69, 9.17) is 5.26 Å². The fourth-order valence-corrected chi connectivity index (χ4v) is 2.12. The number of hydrogen-bond donors (Lipinski definition) is 1. The summed E-state index contributed by atoms with van der Waals surface area (Å²) in [5, 5.41) is 11.7. The Bertz CT molecular complexity index is 464. The van der Waals surface area contributed by atoms with E-state index in [0.717, 1.165) is 25.1 Å². The minimum absolute atomic E-state index is 0.0147. The number of halogens is 2. The van der Waals surface area contributed by atoms with Gasteiger partial charge in [-0.15, -0.1) is 0 Å². The van der Waals surface area contributed by atoms with Crippen LogP contribution in [0.3, 0.4) is 0 Å². The quantitative estimate of drug-likeness (QED) is 0.871. The number of hydrogen-bond acceptors (Lipinski definition) is 2. The maximum atomic E-state index is 13.6. The van der Waals surface area contributed by atoms with Crippen LogP contribution >= 0.6 is 0 Å². The van der Waals surface area contributed by atoms with Crippen molar-refractivity contribution in [3.05, 3.63) is 34.9 Å². The molecule has 18 heavy (non-hydrogen) atoms. The molecule has 2 nitrogen and oxygen atoms in total. The standard InChI is InChI=1S/C14H16F2N2/c1-2-14(3-4-14)9-18-8-11-12(15)5-10(7-17)6-13(11)16/h5-6,18H,2-4,8-9H2,1H3. The number of rotatable bonds is 5. The molecular weight excluding hydrogens is 234 g/mol. The lowest BCUT2D eigenvalue weighted by Gasteiger charge is -2.14. The molecule has 0 amide bonds. The Labute approximate surface area is 106 Å². The molecule has 0 saturated heterocycles. The fourth-order valence-electron chi connectivity index (χ4n) is 2.12. The maximum absolute atomic E-state index is 13.6. The molecule has 1 aromatic rings. The van der Waals surface area contributed by atoms with Crippen molar-refractivity contribution in [1.82, 2.24) is 5.32 Å². The molecule has 0 aliphatic heterocycles. The normalized spacial score (nSPS) is 16.3. The second-order valence-corrected chi connectivity index (χ2v) is 4.99. The van der Waals surface area contributed by atoms with Gasteiger partial charge in [0.15, 0.2) is 0 Å². The van der Waals surface area contributed by atoms with Crippen molar-refractivity contribution >= 4 is 0 Å². The Hall–Kier alpha value is -1.47. The third-order valence-corrected chi connectivity index (χ3v) is 3.78. The van der Waals surface area contributed by atoms with Crippen molar-refractivity contribution in [2.24, 2.45) is 5.41 Å². The number of benzene rings is 1. The van der Waals surface area contributed by atoms with E-state index in [-0.39, 0.29) is 17.7 Å². The zero-order valence-corrected chi connectivity index (χ0v) is 10.4. The van der Waals surface area contributed by atoms with Crippen molar-refractivity contribution in [1.29, 1.82) is 5.26 Å². The van der Waals surface area contributed by atoms with Crippen molar-refractivity contribution in [2.75, 3.05) is 6.54 Å². The SMILES string of the molecule is CCC1(CNCc2c(F)cc(C#N)cc2F)CC1. The van der Waals surface area contributed by atoms with Crippen LogP contribution < -0.4 is 5.32 Å². The van der Waals surface area contributed by atoms with Gasteiger partial charge < -0.3 is 5.32 Å². The largest absolute Gasteiger partial charge is 0.312 e. The van der Waals surface area contributed by atoms with Crippen molar-refractivity contribution in [3.63, 3.8) is 0 Å². The summed E-state index contributed by atoms with van der Waals surface area (Å²) in [6.45, 7) is 3.10. The topological polar surface area (TPSA) is 35.8 Å². The van der Waals surface area contributed by atoms with Gasteiger partial charge in [0.25, 0.3) is 0 Å². The van der Waals surface area contributed by atoms with Gasteiger partial charge in [-0.1, -0.05) is 6.92 Å². The zero-order valence-electron chi connectivity index (χ0n) is 10.4. The second kappa shape index (κ2) is 5.03. The Balaban J connectivity index is 1.99. The molecule has 1 aliphatic rings. The molecular formula is C14H16F2N2. The van der Waals surface area contributed by atoms with Gasteiger partial charge >= 0.3 is 0 Å². The summed E-state index contributed by atoms with van der Waals surface area (Å²) in [7, 11) is 0. The number of nitrogens with one attached hydrogen (secondary N) is 1. The number of nitrogens with zero attached hydrogens (tertiary/aromatic N) is 1. The first-order valence-corrected chi connectivity index (χ1v) is 6.19. The summed E-state index contributed by atoms with van der Waals surface area (Å²) in [6, 6.07) is 3.89. The third kappa shape index (κ3) is 2.68. The van der Waals surface area contributed by atoms with Gasteiger partial charge in [0, 0.05) is 18.7 Å². The van der Waals surface area contributed by atoms with E-state index in [0.29, 0.717) is 5.41 Å². The average Bonchev–Trinajstić information content (AvgIpc) is 3.13. The van der Waals surface area contributed by atoms with Crippen molar-refractivity contribution in [2.45, 2.75) is 32.7 Å². The summed E-state index contributed by atoms with van der Waals surface area (Å²) in [5.41, 5.74) is 0.376. The van der Waals surface area contributed by atoms with Gasteiger partial charge in [-0.05, 0) is 36.8 Å². The molecule has 1 aromatic carbocycles. The molecule has 4 heteroatoms. The minimum atomic E-state index is -0.652. The van der Waals surface area contributed by atoms with Crippen molar-refractivity contribution in [3.8, 4) is 6.07 Å². The highest BCUT2D eigenvalue weighted by Gasteiger charge is 2.39. The lowest BCUT2D eigenvalue weighted by Crippen LogP contribution is -2.24. The lowest BCUT2D eigenvalue weighted by molar-refractivity contribution is 0.434. The van der Waals surface area contributed by atoms with E-state index >= 15 is 0 Å². The molecule has 96 valence electrons. The first-order chi connectivity index (χ1) is 8.60. The highest BCUT2D eigenvalue weighted by atomic mass is 19.1. The second-order valence-electron chi connectivity index (χ2n) is 4.99. The van der Waals surface area contributed by atoms with Crippen LogP contribution in [0.1, 0.15) is 37.3 Å². The Morgan fingerprint density at radius 3 is 2.39 bits per heavy atom. The lowest BCUT2D eigenvalue weighted by atomic mass is 10.0. The Morgan fingerprint density at radius 1 is 1.33 bits per heavy atom. The first kappa shape index (κ1) is 13.0. The van der Waals surface area contributed by atoms with Gasteiger partial charge in [0.05, 0.1) is 11.6 Å². The zero-order chi connectivity index (χ0) is 13.2. The highest BCUT2D eigenvalue weighted by Crippen LogP contribution is 2.47. The minimum Gasteiger partial charge on any atom is -0.312 e. The molecule has 0 unspecified atom stereocenters. The van der Waals surface area contributed by atoms with Gasteiger partial charge in [0.2, 0.25) is 0 Å². The van der Waals surface area contributed by atoms with E-state index in [1.807, 2.05) is 0 Å². The van der Waals surface area contributed by atoms with Crippen LogP contribution in [0.5, 0.6) is 0 Å². The van der Waals surface area contributed by atoms with Crippen molar-refractivity contribution < 1.29 is 8.78 Å². The van der Waals surface area contributed by atoms with Crippen LogP contribution in [0.15, 0.2) is 12.1 Å². The maximum Gasteiger partial charge on any atom is 0.131 e. The molecule has 0 radical (unpaired) electrons. The summed E-state index contributed by atoms with van der Waals surface area (Å²) >= 11 is 0. The smallest absolute Gasteiger partial charge is 0.131 e. The van der Waals surface area contributed by atoms with Gasteiger partial charge in [-0.2, -0.15) is 5.26 Å². The monoisotopic (exact) mass is 250 g/mol. The molecule has 0 bridgehead atoms. The predicted molar refractivity (Wildman–Crippen MR) is 64.7 cm³/mol. The molecule has 1 aliphatic carbocycles. The Morgan fingerprint density at radius 2 is 1.94 bits per heavy atom. The molecule has 1 saturated carbocycles. The predicted octanol–water partition coefficient (Wildman–Crippen LogP) is 3.12. The summed E-state index contributed by atoms with van der Waals surface area (Å²) < 4.78 is 27.2. The van der Waals surface area contributed by atoms with E-state index in [2.05, 4.69) is 12.2 Å². The summed E-state index contributed by atoms with van der Waals surface area (Å²) in [4.78, 5) is 0. The highest BCUT2D eigenvalue weighted by molar-refractivity contribution is 5.34. The van der Waals surface area contributed by atoms with Crippen LogP contribution in [0, 0.1) is 28.4 Å². The van der Waals surface area contributed by atoms with Crippen LogP contribution in [0.2, 0.25) is 0 Å². The molecule has 0 aromatic heterocycles. The fraction of sp³-hybridized carbons (Fsp3) is 0.500. The molecule has 0 spiro atoms. The summed E-state index contributed by atoms with van der Waals surface area (Å²) in [6.07, 6.45) is 3.47. The van der Waals surface area contributed by atoms with E-state index < -0.39 is 11.6 Å². The van der Waals surface area contributed by atoms with Crippen LogP contribution in [-0.2, 0) is 6.54 Å². The molecule has 0 heterocycles. The summed E-state index contributed by atoms with van der Waals surface area (Å²) in [5.74, 6) is -1.30. The molecule has 2 rings (SSSR count). The Kier molecular flexibility index (Phi) is 3.63. The van der Waals surface area contributed by atoms with Gasteiger partial charge in [-0.3, -0.25) is 0 Å². The molecule has 1 N–H and O–H groups in total. The first-order valence-electron chi connectivity index (χ1n) is 6.19. The molecule has 0 atom stereocenters. The third-order valence-electron chi connectivity index (χ3n) is 3.78. The molecule has 1 fully saturated rings. The van der Waals surface area contributed by atoms with Crippen LogP contribution in [-0.4, -0.2) is 6.54 Å². The van der Waals surface area contributed by atoms with E-state index in [1.54, 1.807) is 6.07 Å².